The predicted octanol–water partition coefficient (Wildman–Crippen LogP) is 4.24. The van der Waals surface area contributed by atoms with Gasteiger partial charge in [0.15, 0.2) is 0 Å². The molecule has 1 heteroatoms. The maximum Gasteiger partial charge on any atom is 0.0405 e. The molecule has 2 aromatic carbocycles. The highest BCUT2D eigenvalue weighted by Crippen LogP contribution is 2.47. The van der Waals surface area contributed by atoms with Crippen LogP contribution in [0.2, 0.25) is 0 Å². The van der Waals surface area contributed by atoms with Crippen molar-refractivity contribution in [3.8, 4) is 0 Å². The fourth-order valence-electron chi connectivity index (χ4n) is 4.14. The largest absolute Gasteiger partial charge is 0.367 e. The molecule has 1 saturated heterocycles. The summed E-state index contributed by atoms with van der Waals surface area (Å²) < 4.78 is 0. The summed E-state index contributed by atoms with van der Waals surface area (Å²) in [6.45, 7) is 3.62. The van der Waals surface area contributed by atoms with Crippen molar-refractivity contribution in [1.82, 2.24) is 0 Å². The summed E-state index contributed by atoms with van der Waals surface area (Å²) in [7, 11) is 0. The molecule has 0 aliphatic carbocycles. The van der Waals surface area contributed by atoms with E-state index in [0.717, 1.165) is 12.0 Å². The Balaban J connectivity index is 1.55. The van der Waals surface area contributed by atoms with E-state index in [1.165, 1.54) is 30.6 Å². The molecule has 102 valence electrons. The van der Waals surface area contributed by atoms with E-state index < -0.39 is 0 Å². The van der Waals surface area contributed by atoms with Gasteiger partial charge in [-0.3, -0.25) is 0 Å². The van der Waals surface area contributed by atoms with Gasteiger partial charge < -0.3 is 4.90 Å². The topological polar surface area (TPSA) is 3.24 Å². The number of hydrogen-bond acceptors (Lipinski definition) is 1. The Morgan fingerprint density at radius 1 is 1.00 bits per heavy atom. The summed E-state index contributed by atoms with van der Waals surface area (Å²) >= 11 is 0. The zero-order chi connectivity index (χ0) is 13.5. The van der Waals surface area contributed by atoms with Crippen molar-refractivity contribution in [2.24, 2.45) is 5.92 Å². The average Bonchev–Trinajstić information content (AvgIpc) is 3.01. The first-order chi connectivity index (χ1) is 9.83. The van der Waals surface area contributed by atoms with E-state index in [4.69, 9.17) is 0 Å². The van der Waals surface area contributed by atoms with Gasteiger partial charge in [-0.2, -0.15) is 0 Å². The Hall–Kier alpha value is -1.76. The molecule has 0 aromatic heterocycles. The monoisotopic (exact) mass is 263 g/mol. The van der Waals surface area contributed by atoms with Crippen molar-refractivity contribution in [2.75, 3.05) is 11.4 Å². The minimum Gasteiger partial charge on any atom is -0.367 e. The van der Waals surface area contributed by atoms with Crippen molar-refractivity contribution >= 4 is 5.69 Å². The summed E-state index contributed by atoms with van der Waals surface area (Å²) in [6, 6.07) is 20.6. The zero-order valence-corrected chi connectivity index (χ0v) is 12.0. The second-order valence-electron chi connectivity index (χ2n) is 6.36. The number of anilines is 1. The molecule has 0 saturated carbocycles. The molecule has 0 unspecified atom stereocenters. The van der Waals surface area contributed by atoms with Crippen molar-refractivity contribution in [3.63, 3.8) is 0 Å². The lowest BCUT2D eigenvalue weighted by Gasteiger charge is -2.20. The number of hydrogen-bond donors (Lipinski definition) is 0. The molecule has 2 aromatic rings. The lowest BCUT2D eigenvalue weighted by molar-refractivity contribution is 0.522. The van der Waals surface area contributed by atoms with Crippen LogP contribution in [0.1, 0.15) is 30.4 Å². The van der Waals surface area contributed by atoms with Gasteiger partial charge in [0.05, 0.1) is 0 Å². The molecule has 0 bridgehead atoms. The van der Waals surface area contributed by atoms with Gasteiger partial charge in [0.1, 0.15) is 0 Å². The van der Waals surface area contributed by atoms with Gasteiger partial charge in [-0.05, 0) is 36.0 Å². The van der Waals surface area contributed by atoms with E-state index in [1.807, 2.05) is 0 Å². The Morgan fingerprint density at radius 3 is 2.60 bits per heavy atom. The normalized spacial score (nSPS) is 27.4. The first kappa shape index (κ1) is 12.0. The van der Waals surface area contributed by atoms with E-state index in [2.05, 4.69) is 66.4 Å². The van der Waals surface area contributed by atoms with Gasteiger partial charge in [-0.1, -0.05) is 55.5 Å². The quantitative estimate of drug-likeness (QED) is 0.783. The third kappa shape index (κ3) is 1.84. The zero-order valence-electron chi connectivity index (χ0n) is 12.0. The van der Waals surface area contributed by atoms with E-state index in [1.54, 1.807) is 5.56 Å². The fourth-order valence-corrected chi connectivity index (χ4v) is 4.14. The molecule has 0 N–H and O–H groups in total. The number of rotatable bonds is 2. The molecule has 1 nitrogen and oxygen atoms in total. The fraction of sp³-hybridized carbons (Fsp3) is 0.368. The smallest absolute Gasteiger partial charge is 0.0405 e. The minimum atomic E-state index is 0.687. The minimum absolute atomic E-state index is 0.687. The van der Waals surface area contributed by atoms with Crippen LogP contribution in [0.4, 0.5) is 5.69 Å². The second-order valence-corrected chi connectivity index (χ2v) is 6.36. The van der Waals surface area contributed by atoms with Gasteiger partial charge >= 0.3 is 0 Å². The highest BCUT2D eigenvalue weighted by molar-refractivity contribution is 5.62. The van der Waals surface area contributed by atoms with Crippen LogP contribution < -0.4 is 4.90 Å². The highest BCUT2D eigenvalue weighted by atomic mass is 15.2. The van der Waals surface area contributed by atoms with Gasteiger partial charge in [0.2, 0.25) is 0 Å². The maximum atomic E-state index is 2.66. The van der Waals surface area contributed by atoms with Crippen LogP contribution in [0, 0.1) is 5.92 Å². The summed E-state index contributed by atoms with van der Waals surface area (Å²) in [5.41, 5.74) is 4.52. The van der Waals surface area contributed by atoms with Gasteiger partial charge in [0, 0.05) is 24.2 Å². The Labute approximate surface area is 121 Å². The molecule has 20 heavy (non-hydrogen) atoms. The average molecular weight is 263 g/mol. The van der Waals surface area contributed by atoms with Crippen LogP contribution in [0.5, 0.6) is 0 Å². The Morgan fingerprint density at radius 2 is 1.75 bits per heavy atom. The van der Waals surface area contributed by atoms with E-state index in [-0.39, 0.29) is 0 Å². The van der Waals surface area contributed by atoms with Gasteiger partial charge in [0.25, 0.3) is 0 Å². The second kappa shape index (κ2) is 4.66. The molecule has 0 radical (unpaired) electrons. The Bertz CT molecular complexity index is 604. The molecule has 4 rings (SSSR count). The van der Waals surface area contributed by atoms with Gasteiger partial charge in [-0.25, -0.2) is 0 Å². The predicted molar refractivity (Wildman–Crippen MR) is 84.2 cm³/mol. The molecule has 1 fully saturated rings. The molecular formula is C19H21N. The molecule has 2 heterocycles. The standard InChI is InChI=1S/C19H21N/c1-14-17-9-5-6-10-18(17)20-13-16(12-19(14)20)11-15-7-3-2-4-8-15/h2-10,14,16,19H,11-13H2,1H3/t14-,16-,19+/m0/s1. The van der Waals surface area contributed by atoms with Gasteiger partial charge in [-0.15, -0.1) is 0 Å². The van der Waals surface area contributed by atoms with Crippen LogP contribution in [0.3, 0.4) is 0 Å². The summed E-state index contributed by atoms with van der Waals surface area (Å²) in [5, 5.41) is 0. The summed E-state index contributed by atoms with van der Waals surface area (Å²) in [5.74, 6) is 1.49. The van der Waals surface area contributed by atoms with Crippen LogP contribution in [-0.4, -0.2) is 12.6 Å². The molecular weight excluding hydrogens is 242 g/mol. The Kier molecular flexibility index (Phi) is 2.80. The number of nitrogens with zero attached hydrogens (tertiary/aromatic N) is 1. The van der Waals surface area contributed by atoms with Crippen LogP contribution in [-0.2, 0) is 6.42 Å². The molecule has 3 atom stereocenters. The van der Waals surface area contributed by atoms with Crippen LogP contribution in [0.25, 0.3) is 0 Å². The SMILES string of the molecule is C[C@H]1c2ccccc2N2C[C@@H](Cc3ccccc3)C[C@H]12. The number of fused-ring (bicyclic) bond motifs is 3. The van der Waals surface area contributed by atoms with E-state index in [9.17, 15) is 0 Å². The summed E-state index contributed by atoms with van der Waals surface area (Å²) in [4.78, 5) is 2.66. The van der Waals surface area contributed by atoms with Crippen molar-refractivity contribution in [1.29, 1.82) is 0 Å². The highest BCUT2D eigenvalue weighted by Gasteiger charge is 2.42. The van der Waals surface area contributed by atoms with Crippen molar-refractivity contribution < 1.29 is 0 Å². The lowest BCUT2D eigenvalue weighted by atomic mass is 9.90. The number of para-hydroxylation sites is 1. The van der Waals surface area contributed by atoms with Crippen molar-refractivity contribution in [3.05, 3.63) is 65.7 Å². The molecule has 2 aliphatic heterocycles. The van der Waals surface area contributed by atoms with E-state index >= 15 is 0 Å². The maximum absolute atomic E-state index is 2.66. The van der Waals surface area contributed by atoms with Crippen LogP contribution in [0.15, 0.2) is 54.6 Å². The number of benzene rings is 2. The summed E-state index contributed by atoms with van der Waals surface area (Å²) in [6.07, 6.45) is 2.56. The lowest BCUT2D eigenvalue weighted by Crippen LogP contribution is -2.26. The van der Waals surface area contributed by atoms with Crippen molar-refractivity contribution in [2.45, 2.75) is 31.7 Å². The molecule has 0 spiro atoms. The molecule has 2 aliphatic rings. The first-order valence-corrected chi connectivity index (χ1v) is 7.72. The van der Waals surface area contributed by atoms with E-state index in [0.29, 0.717) is 5.92 Å². The first-order valence-electron chi connectivity index (χ1n) is 7.72. The third-order valence-electron chi connectivity index (χ3n) is 5.11. The third-order valence-corrected chi connectivity index (χ3v) is 5.11. The van der Waals surface area contributed by atoms with Crippen LogP contribution >= 0.6 is 0 Å². The molecule has 0 amide bonds.